The maximum atomic E-state index is 12.7. The molecule has 1 aromatic carbocycles. The minimum atomic E-state index is -0.672. The predicted molar refractivity (Wildman–Crippen MR) is 106 cm³/mol. The molecule has 1 aliphatic heterocycles. The van der Waals surface area contributed by atoms with E-state index in [-0.39, 0.29) is 11.3 Å². The molecule has 7 heteroatoms. The highest BCUT2D eigenvalue weighted by Crippen LogP contribution is 2.41. The van der Waals surface area contributed by atoms with Crippen LogP contribution in [0.1, 0.15) is 36.2 Å². The number of nitrogens with zero attached hydrogens (tertiary/aromatic N) is 1. The highest BCUT2D eigenvalue weighted by atomic mass is 35.5. The van der Waals surface area contributed by atoms with E-state index in [9.17, 15) is 14.7 Å². The highest BCUT2D eigenvalue weighted by molar-refractivity contribution is 7.10. The van der Waals surface area contributed by atoms with Crippen molar-refractivity contribution in [2.75, 3.05) is 13.7 Å². The minimum absolute atomic E-state index is 0.0970. The zero-order valence-corrected chi connectivity index (χ0v) is 16.6. The first kappa shape index (κ1) is 19.5. The van der Waals surface area contributed by atoms with Gasteiger partial charge in [-0.05, 0) is 36.1 Å². The molecule has 27 heavy (non-hydrogen) atoms. The van der Waals surface area contributed by atoms with Crippen LogP contribution in [-0.2, 0) is 9.59 Å². The third kappa shape index (κ3) is 3.59. The predicted octanol–water partition coefficient (Wildman–Crippen LogP) is 4.63. The summed E-state index contributed by atoms with van der Waals surface area (Å²) in [6.07, 6.45) is 1.68. The van der Waals surface area contributed by atoms with Gasteiger partial charge in [-0.2, -0.15) is 0 Å². The van der Waals surface area contributed by atoms with Crippen molar-refractivity contribution in [2.45, 2.75) is 25.8 Å². The smallest absolute Gasteiger partial charge is 0.295 e. The number of unbranched alkanes of at least 4 members (excludes halogenated alkanes) is 1. The number of benzene rings is 1. The number of thiophene rings is 1. The quantitative estimate of drug-likeness (QED) is 0.432. The molecule has 1 unspecified atom stereocenters. The van der Waals surface area contributed by atoms with Crippen LogP contribution in [0.3, 0.4) is 0 Å². The molecule has 1 amide bonds. The van der Waals surface area contributed by atoms with Gasteiger partial charge in [0.15, 0.2) is 0 Å². The molecule has 0 bridgehead atoms. The Morgan fingerprint density at radius 3 is 2.70 bits per heavy atom. The maximum Gasteiger partial charge on any atom is 0.295 e. The van der Waals surface area contributed by atoms with E-state index in [1.165, 1.54) is 24.5 Å². The van der Waals surface area contributed by atoms with Crippen molar-refractivity contribution in [3.63, 3.8) is 0 Å². The SMILES string of the molecule is CCCCN1C(=O)C(=O)/C(=C(\O)c2ccc(OC)c(Cl)c2)C1c1cccs1. The summed E-state index contributed by atoms with van der Waals surface area (Å²) in [5.74, 6) is -1.02. The van der Waals surface area contributed by atoms with E-state index < -0.39 is 17.7 Å². The Morgan fingerprint density at radius 1 is 1.33 bits per heavy atom. The number of aliphatic hydroxyl groups excluding tert-OH is 1. The van der Waals surface area contributed by atoms with Crippen molar-refractivity contribution < 1.29 is 19.4 Å². The molecule has 1 N–H and O–H groups in total. The average Bonchev–Trinajstić information content (AvgIpc) is 3.27. The largest absolute Gasteiger partial charge is 0.507 e. The summed E-state index contributed by atoms with van der Waals surface area (Å²) in [6.45, 7) is 2.49. The number of hydrogen-bond acceptors (Lipinski definition) is 5. The first-order chi connectivity index (χ1) is 13.0. The first-order valence-electron chi connectivity index (χ1n) is 8.65. The van der Waals surface area contributed by atoms with E-state index in [4.69, 9.17) is 16.3 Å². The van der Waals surface area contributed by atoms with Gasteiger partial charge in [0, 0.05) is 17.0 Å². The number of hydrogen-bond donors (Lipinski definition) is 1. The van der Waals surface area contributed by atoms with Gasteiger partial charge in [-0.25, -0.2) is 0 Å². The second-order valence-electron chi connectivity index (χ2n) is 6.21. The lowest BCUT2D eigenvalue weighted by atomic mass is 9.99. The average molecular weight is 406 g/mol. The number of ether oxygens (including phenoxy) is 1. The summed E-state index contributed by atoms with van der Waals surface area (Å²) >= 11 is 7.61. The van der Waals surface area contributed by atoms with Crippen molar-refractivity contribution in [1.82, 2.24) is 4.90 Å². The number of ketones is 1. The van der Waals surface area contributed by atoms with Crippen LogP contribution in [0.2, 0.25) is 5.02 Å². The van der Waals surface area contributed by atoms with Crippen LogP contribution in [0.4, 0.5) is 0 Å². The number of aliphatic hydroxyl groups is 1. The van der Waals surface area contributed by atoms with E-state index in [1.807, 2.05) is 24.4 Å². The van der Waals surface area contributed by atoms with Crippen LogP contribution in [0, 0.1) is 0 Å². The summed E-state index contributed by atoms with van der Waals surface area (Å²) in [6, 6.07) is 7.91. The van der Waals surface area contributed by atoms with Crippen LogP contribution >= 0.6 is 22.9 Å². The van der Waals surface area contributed by atoms with Gasteiger partial charge in [0.2, 0.25) is 0 Å². The summed E-state index contributed by atoms with van der Waals surface area (Å²) in [4.78, 5) is 27.8. The lowest BCUT2D eigenvalue weighted by molar-refractivity contribution is -0.139. The number of halogens is 1. The van der Waals surface area contributed by atoms with E-state index >= 15 is 0 Å². The highest BCUT2D eigenvalue weighted by Gasteiger charge is 2.46. The number of amides is 1. The van der Waals surface area contributed by atoms with Crippen LogP contribution in [-0.4, -0.2) is 35.4 Å². The standard InChI is InChI=1S/C20H20ClNO4S/c1-3-4-9-22-17(15-6-5-10-27-15)16(19(24)20(22)25)18(23)12-7-8-14(26-2)13(21)11-12/h5-8,10-11,17,23H,3-4,9H2,1-2H3/b18-16-. The number of rotatable bonds is 6. The fraction of sp³-hybridized carbons (Fsp3) is 0.300. The van der Waals surface area contributed by atoms with Gasteiger partial charge in [0.05, 0.1) is 23.7 Å². The van der Waals surface area contributed by atoms with Crippen LogP contribution in [0.5, 0.6) is 5.75 Å². The Balaban J connectivity index is 2.12. The van der Waals surface area contributed by atoms with E-state index in [2.05, 4.69) is 0 Å². The van der Waals surface area contributed by atoms with Crippen molar-refractivity contribution in [3.8, 4) is 5.75 Å². The normalized spacial score (nSPS) is 18.9. The van der Waals surface area contributed by atoms with Gasteiger partial charge in [-0.3, -0.25) is 9.59 Å². The fourth-order valence-electron chi connectivity index (χ4n) is 3.15. The van der Waals surface area contributed by atoms with E-state index in [1.54, 1.807) is 17.0 Å². The molecule has 0 saturated carbocycles. The molecule has 1 fully saturated rings. The number of likely N-dealkylation sites (tertiary alicyclic amines) is 1. The van der Waals surface area contributed by atoms with E-state index in [0.29, 0.717) is 22.9 Å². The fourth-order valence-corrected chi connectivity index (χ4v) is 4.25. The minimum Gasteiger partial charge on any atom is -0.507 e. The summed E-state index contributed by atoms with van der Waals surface area (Å²) < 4.78 is 5.13. The summed E-state index contributed by atoms with van der Waals surface area (Å²) in [5, 5.41) is 13.1. The Labute approximate surface area is 166 Å². The molecule has 3 rings (SSSR count). The molecule has 1 aromatic heterocycles. The number of Topliss-reactive ketones (excluding diaryl/α,β-unsaturated/α-hetero) is 1. The van der Waals surface area contributed by atoms with Crippen LogP contribution in [0.25, 0.3) is 5.76 Å². The van der Waals surface area contributed by atoms with Gasteiger partial charge in [0.1, 0.15) is 11.5 Å². The van der Waals surface area contributed by atoms with Crippen LogP contribution < -0.4 is 4.74 Å². The molecular weight excluding hydrogens is 386 g/mol. The van der Waals surface area contributed by atoms with Crippen molar-refractivity contribution >= 4 is 40.4 Å². The molecule has 2 heterocycles. The van der Waals surface area contributed by atoms with Crippen LogP contribution in [0.15, 0.2) is 41.3 Å². The zero-order chi connectivity index (χ0) is 19.6. The van der Waals surface area contributed by atoms with Gasteiger partial charge in [0.25, 0.3) is 11.7 Å². The number of carbonyl (C=O) groups is 2. The molecule has 0 aliphatic carbocycles. The summed E-state index contributed by atoms with van der Waals surface area (Å²) in [5.41, 5.74) is 0.468. The van der Waals surface area contributed by atoms with Gasteiger partial charge in [-0.15, -0.1) is 11.3 Å². The van der Waals surface area contributed by atoms with Crippen molar-refractivity contribution in [2.24, 2.45) is 0 Å². The molecule has 5 nitrogen and oxygen atoms in total. The molecule has 1 aliphatic rings. The lowest BCUT2D eigenvalue weighted by Gasteiger charge is -2.23. The number of methoxy groups -OCH3 is 1. The Kier molecular flexibility index (Phi) is 5.87. The van der Waals surface area contributed by atoms with E-state index in [0.717, 1.165) is 17.7 Å². The molecule has 142 valence electrons. The first-order valence-corrected chi connectivity index (χ1v) is 9.91. The zero-order valence-electron chi connectivity index (χ0n) is 15.1. The van der Waals surface area contributed by atoms with Gasteiger partial charge < -0.3 is 14.7 Å². The molecule has 1 saturated heterocycles. The maximum absolute atomic E-state index is 12.7. The lowest BCUT2D eigenvalue weighted by Crippen LogP contribution is -2.30. The Morgan fingerprint density at radius 2 is 2.11 bits per heavy atom. The molecule has 2 aromatic rings. The van der Waals surface area contributed by atoms with Gasteiger partial charge in [-0.1, -0.05) is 31.0 Å². The molecule has 0 spiro atoms. The molecule has 0 radical (unpaired) electrons. The van der Waals surface area contributed by atoms with Crippen molar-refractivity contribution in [1.29, 1.82) is 0 Å². The Hall–Kier alpha value is -2.31. The monoisotopic (exact) mass is 405 g/mol. The third-order valence-corrected chi connectivity index (χ3v) is 5.75. The summed E-state index contributed by atoms with van der Waals surface area (Å²) in [7, 11) is 1.50. The number of carbonyl (C=O) groups excluding carboxylic acids is 2. The second kappa shape index (κ2) is 8.15. The topological polar surface area (TPSA) is 66.8 Å². The Bertz CT molecular complexity index is 891. The second-order valence-corrected chi connectivity index (χ2v) is 7.60. The molecular formula is C20H20ClNO4S. The molecule has 1 atom stereocenters. The third-order valence-electron chi connectivity index (χ3n) is 4.53. The van der Waals surface area contributed by atoms with Gasteiger partial charge >= 0.3 is 0 Å². The van der Waals surface area contributed by atoms with Crippen molar-refractivity contribution in [3.05, 3.63) is 56.7 Å².